The second kappa shape index (κ2) is 7.03. The molecule has 1 N–H and O–H groups in total. The first kappa shape index (κ1) is 17.0. The maximum absolute atomic E-state index is 12.7. The van der Waals surface area contributed by atoms with E-state index < -0.39 is 0 Å². The van der Waals surface area contributed by atoms with Crippen molar-refractivity contribution >= 4 is 5.91 Å². The molecule has 3 heterocycles. The van der Waals surface area contributed by atoms with Gasteiger partial charge in [-0.25, -0.2) is 0 Å². The van der Waals surface area contributed by atoms with Crippen molar-refractivity contribution in [2.24, 2.45) is 5.92 Å². The summed E-state index contributed by atoms with van der Waals surface area (Å²) in [5.41, 5.74) is 0. The highest BCUT2D eigenvalue weighted by molar-refractivity contribution is 5.80. The number of aliphatic hydroxyl groups excluding tert-OH is 1. The Labute approximate surface area is 151 Å². The van der Waals surface area contributed by atoms with E-state index in [0.29, 0.717) is 44.7 Å². The number of nitrogens with zero attached hydrogens (tertiary/aromatic N) is 5. The largest absolute Gasteiger partial charge is 0.484 e. The van der Waals surface area contributed by atoms with E-state index in [1.54, 1.807) is 12.4 Å². The van der Waals surface area contributed by atoms with E-state index in [0.717, 1.165) is 11.6 Å². The highest BCUT2D eigenvalue weighted by atomic mass is 16.5. The molecule has 138 valence electrons. The Balaban J connectivity index is 1.43. The summed E-state index contributed by atoms with van der Waals surface area (Å²) in [5, 5.41) is 18.0. The minimum absolute atomic E-state index is 0.0376. The van der Waals surface area contributed by atoms with E-state index in [9.17, 15) is 9.90 Å². The Morgan fingerprint density at radius 3 is 2.92 bits per heavy atom. The fourth-order valence-electron chi connectivity index (χ4n) is 3.62. The number of fused-ring (bicyclic) bond motifs is 1. The summed E-state index contributed by atoms with van der Waals surface area (Å²) in [6, 6.07) is 3.74. The molecule has 4 rings (SSSR count). The number of aliphatic hydroxyl groups is 1. The second-order valence-corrected chi connectivity index (χ2v) is 7.07. The van der Waals surface area contributed by atoms with Crippen molar-refractivity contribution in [3.8, 4) is 5.75 Å². The molecule has 1 amide bonds. The minimum atomic E-state index is -0.317. The lowest BCUT2D eigenvalue weighted by atomic mass is 9.81. The third kappa shape index (κ3) is 3.29. The van der Waals surface area contributed by atoms with Gasteiger partial charge >= 0.3 is 0 Å². The molecule has 26 heavy (non-hydrogen) atoms. The molecule has 0 saturated heterocycles. The van der Waals surface area contributed by atoms with Gasteiger partial charge in [-0.05, 0) is 31.9 Å². The number of aromatic nitrogens is 4. The van der Waals surface area contributed by atoms with Gasteiger partial charge in [-0.3, -0.25) is 9.78 Å². The molecular weight excluding hydrogens is 334 g/mol. The monoisotopic (exact) mass is 357 g/mol. The average Bonchev–Trinajstić information content (AvgIpc) is 2.91. The summed E-state index contributed by atoms with van der Waals surface area (Å²) in [7, 11) is 0. The summed E-state index contributed by atoms with van der Waals surface area (Å²) in [6.07, 6.45) is 4.87. The number of hydrogen-bond acceptors (Lipinski definition) is 6. The van der Waals surface area contributed by atoms with Crippen LogP contribution in [0.4, 0.5) is 0 Å². The Hall–Kier alpha value is -2.48. The van der Waals surface area contributed by atoms with Crippen molar-refractivity contribution in [3.63, 3.8) is 0 Å². The van der Waals surface area contributed by atoms with E-state index in [1.165, 1.54) is 0 Å². The van der Waals surface area contributed by atoms with E-state index in [4.69, 9.17) is 4.74 Å². The van der Waals surface area contributed by atoms with E-state index in [1.807, 2.05) is 24.0 Å². The summed E-state index contributed by atoms with van der Waals surface area (Å²) >= 11 is 0. The minimum Gasteiger partial charge on any atom is -0.484 e. The molecule has 1 atom stereocenters. The fourth-order valence-corrected chi connectivity index (χ4v) is 3.62. The Morgan fingerprint density at radius 1 is 1.35 bits per heavy atom. The lowest BCUT2D eigenvalue weighted by Gasteiger charge is -2.36. The van der Waals surface area contributed by atoms with Gasteiger partial charge in [0.05, 0.1) is 12.3 Å². The van der Waals surface area contributed by atoms with Crippen LogP contribution in [-0.2, 0) is 24.4 Å². The van der Waals surface area contributed by atoms with Crippen LogP contribution in [0, 0.1) is 5.92 Å². The summed E-state index contributed by atoms with van der Waals surface area (Å²) < 4.78 is 7.79. The number of carbonyl (C=O) groups is 1. The fraction of sp³-hybridized carbons (Fsp3) is 0.556. The number of rotatable bonds is 4. The molecule has 2 aromatic heterocycles. The molecule has 0 bridgehead atoms. The van der Waals surface area contributed by atoms with Crippen LogP contribution in [-0.4, -0.2) is 54.4 Å². The average molecular weight is 357 g/mol. The lowest BCUT2D eigenvalue weighted by molar-refractivity contribution is -0.144. The highest BCUT2D eigenvalue weighted by Crippen LogP contribution is 2.30. The molecule has 1 fully saturated rings. The zero-order valence-electron chi connectivity index (χ0n) is 14.8. The Bertz CT molecular complexity index is 772. The first-order chi connectivity index (χ1) is 12.6. The normalized spacial score (nSPS) is 25.2. The van der Waals surface area contributed by atoms with Crippen molar-refractivity contribution in [2.75, 3.05) is 6.54 Å². The van der Waals surface area contributed by atoms with Crippen LogP contribution < -0.4 is 4.74 Å². The Kier molecular flexibility index (Phi) is 4.58. The van der Waals surface area contributed by atoms with Crippen LogP contribution in [0.25, 0.3) is 0 Å². The van der Waals surface area contributed by atoms with Crippen molar-refractivity contribution in [1.29, 1.82) is 0 Å². The molecule has 1 aliphatic carbocycles. The van der Waals surface area contributed by atoms with E-state index in [-0.39, 0.29) is 24.0 Å². The van der Waals surface area contributed by atoms with Crippen LogP contribution >= 0.6 is 0 Å². The molecule has 0 spiro atoms. The first-order valence-electron chi connectivity index (χ1n) is 9.04. The van der Waals surface area contributed by atoms with Gasteiger partial charge < -0.3 is 19.3 Å². The van der Waals surface area contributed by atoms with E-state index >= 15 is 0 Å². The van der Waals surface area contributed by atoms with Gasteiger partial charge in [0.15, 0.2) is 5.82 Å². The third-order valence-corrected chi connectivity index (χ3v) is 5.23. The number of amides is 1. The lowest BCUT2D eigenvalue weighted by Crippen LogP contribution is -2.48. The molecule has 8 heteroatoms. The van der Waals surface area contributed by atoms with Crippen molar-refractivity contribution in [1.82, 2.24) is 24.6 Å². The number of carbonyl (C=O) groups excluding carboxylic acids is 1. The zero-order chi connectivity index (χ0) is 18.1. The van der Waals surface area contributed by atoms with Gasteiger partial charge in [-0.2, -0.15) is 0 Å². The molecule has 0 aromatic carbocycles. The van der Waals surface area contributed by atoms with Crippen molar-refractivity contribution in [2.45, 2.75) is 51.5 Å². The number of ether oxygens (including phenoxy) is 1. The van der Waals surface area contributed by atoms with Crippen LogP contribution in [0.2, 0.25) is 0 Å². The van der Waals surface area contributed by atoms with Gasteiger partial charge in [0.1, 0.15) is 18.2 Å². The van der Waals surface area contributed by atoms with Crippen LogP contribution in [0.5, 0.6) is 5.75 Å². The second-order valence-electron chi connectivity index (χ2n) is 7.07. The summed E-state index contributed by atoms with van der Waals surface area (Å²) in [5.74, 6) is 2.43. The zero-order valence-corrected chi connectivity index (χ0v) is 14.8. The molecule has 0 radical (unpaired) electrons. The molecule has 8 nitrogen and oxygen atoms in total. The summed E-state index contributed by atoms with van der Waals surface area (Å²) in [6.45, 7) is 3.63. The highest BCUT2D eigenvalue weighted by Gasteiger charge is 2.38. The maximum Gasteiger partial charge on any atom is 0.226 e. The quantitative estimate of drug-likeness (QED) is 0.870. The molecule has 2 aromatic rings. The maximum atomic E-state index is 12.7. The van der Waals surface area contributed by atoms with Crippen LogP contribution in [0.1, 0.15) is 31.4 Å². The van der Waals surface area contributed by atoms with Crippen LogP contribution in [0.3, 0.4) is 0 Å². The number of pyridine rings is 1. The molecule has 0 unspecified atom stereocenters. The van der Waals surface area contributed by atoms with Crippen molar-refractivity contribution < 1.29 is 14.6 Å². The first-order valence-corrected chi connectivity index (χ1v) is 9.04. The topological polar surface area (TPSA) is 93.4 Å². The smallest absolute Gasteiger partial charge is 0.226 e. The standard InChI is InChI=1S/C18H23N5O3/c1-12-7-16-20-21-17(11-26-15-3-2-4-19-10-15)23(16)6-5-22(12)18(25)13-8-14(24)9-13/h2-4,10,12-14,24H,5-9,11H2,1H3/t12-,13?,14?/m1/s1. The third-order valence-electron chi connectivity index (χ3n) is 5.23. The van der Waals surface area contributed by atoms with Gasteiger partial charge in [0.25, 0.3) is 0 Å². The predicted molar refractivity (Wildman–Crippen MR) is 92.2 cm³/mol. The van der Waals surface area contributed by atoms with Crippen LogP contribution in [0.15, 0.2) is 24.5 Å². The SMILES string of the molecule is C[C@@H]1Cc2nnc(COc3cccnc3)n2CCN1C(=O)C1CC(O)C1. The van der Waals surface area contributed by atoms with Gasteiger partial charge in [0, 0.05) is 37.7 Å². The molecule has 2 aliphatic rings. The summed E-state index contributed by atoms with van der Waals surface area (Å²) in [4.78, 5) is 18.7. The van der Waals surface area contributed by atoms with Crippen molar-refractivity contribution in [3.05, 3.63) is 36.2 Å². The molecule has 1 aliphatic heterocycles. The van der Waals surface area contributed by atoms with Gasteiger partial charge in [-0.15, -0.1) is 10.2 Å². The molecular formula is C18H23N5O3. The molecule has 1 saturated carbocycles. The predicted octanol–water partition coefficient (Wildman–Crippen LogP) is 0.796. The number of hydrogen-bond donors (Lipinski definition) is 1. The van der Waals surface area contributed by atoms with Gasteiger partial charge in [0.2, 0.25) is 5.91 Å². The van der Waals surface area contributed by atoms with Gasteiger partial charge in [-0.1, -0.05) is 0 Å². The Morgan fingerprint density at radius 2 is 2.19 bits per heavy atom. The van der Waals surface area contributed by atoms with E-state index in [2.05, 4.69) is 19.7 Å².